The van der Waals surface area contributed by atoms with Crippen molar-refractivity contribution in [3.05, 3.63) is 35.2 Å². The summed E-state index contributed by atoms with van der Waals surface area (Å²) >= 11 is 5.68. The number of hydrogen-bond acceptors (Lipinski definition) is 3. The van der Waals surface area contributed by atoms with Crippen LogP contribution in [0.3, 0.4) is 0 Å². The molecule has 16 heavy (non-hydrogen) atoms. The maximum atomic E-state index is 12.2. The monoisotopic (exact) mass is 248 g/mol. The molecule has 0 aliphatic rings. The van der Waals surface area contributed by atoms with Gasteiger partial charge in [-0.3, -0.25) is 0 Å². The number of benzene rings is 1. The third-order valence-electron chi connectivity index (χ3n) is 1.74. The van der Waals surface area contributed by atoms with Crippen molar-refractivity contribution in [1.29, 1.82) is 0 Å². The largest absolute Gasteiger partial charge is 0.470 e. The van der Waals surface area contributed by atoms with Crippen molar-refractivity contribution in [3.8, 4) is 11.5 Å². The van der Waals surface area contributed by atoms with Crippen molar-refractivity contribution in [2.75, 3.05) is 0 Å². The smallest absolute Gasteiger partial charge is 0.413 e. The van der Waals surface area contributed by atoms with Crippen LogP contribution in [0.2, 0.25) is 5.02 Å². The number of hydrogen-bond donors (Lipinski definition) is 0. The molecule has 0 atom stereocenters. The molecule has 0 aliphatic heterocycles. The number of nitrogens with zero attached hydrogens (tertiary/aromatic N) is 2. The molecule has 0 amide bonds. The zero-order valence-corrected chi connectivity index (χ0v) is 8.38. The summed E-state index contributed by atoms with van der Waals surface area (Å²) in [5, 5.41) is 6.59. The van der Waals surface area contributed by atoms with Gasteiger partial charge in [0.05, 0.1) is 0 Å². The summed E-state index contributed by atoms with van der Waals surface area (Å²) < 4.78 is 41.0. The van der Waals surface area contributed by atoms with Gasteiger partial charge >= 0.3 is 12.1 Å². The van der Waals surface area contributed by atoms with E-state index in [0.717, 1.165) is 0 Å². The van der Waals surface area contributed by atoms with E-state index in [4.69, 9.17) is 11.6 Å². The van der Waals surface area contributed by atoms with Gasteiger partial charge in [-0.05, 0) is 18.2 Å². The zero-order chi connectivity index (χ0) is 11.8. The standard InChI is InChI=1S/C9H4ClF3N2O/c10-6-3-1-2-5(4-6)7-14-15-8(16-7)9(11,12)13/h1-4H. The molecule has 3 nitrogen and oxygen atoms in total. The van der Waals surface area contributed by atoms with E-state index in [9.17, 15) is 13.2 Å². The van der Waals surface area contributed by atoms with E-state index in [2.05, 4.69) is 14.6 Å². The highest BCUT2D eigenvalue weighted by molar-refractivity contribution is 6.30. The van der Waals surface area contributed by atoms with Crippen LogP contribution in [0.25, 0.3) is 11.5 Å². The molecule has 2 aromatic rings. The maximum absolute atomic E-state index is 12.2. The third-order valence-corrected chi connectivity index (χ3v) is 1.97. The third kappa shape index (κ3) is 2.16. The Bertz CT molecular complexity index is 509. The summed E-state index contributed by atoms with van der Waals surface area (Å²) in [7, 11) is 0. The molecule has 0 fully saturated rings. The maximum Gasteiger partial charge on any atom is 0.470 e. The second-order valence-corrected chi connectivity index (χ2v) is 3.36. The highest BCUT2D eigenvalue weighted by Gasteiger charge is 2.38. The molecule has 0 aliphatic carbocycles. The van der Waals surface area contributed by atoms with Gasteiger partial charge in [-0.2, -0.15) is 13.2 Å². The fraction of sp³-hybridized carbons (Fsp3) is 0.111. The minimum absolute atomic E-state index is 0.213. The van der Waals surface area contributed by atoms with Crippen LogP contribution in [0, 0.1) is 0 Å². The average molecular weight is 249 g/mol. The first-order valence-electron chi connectivity index (χ1n) is 4.13. The Hall–Kier alpha value is -1.56. The van der Waals surface area contributed by atoms with Crippen molar-refractivity contribution >= 4 is 11.6 Å². The predicted octanol–water partition coefficient (Wildman–Crippen LogP) is 3.41. The van der Waals surface area contributed by atoms with Gasteiger partial charge in [0.25, 0.3) is 0 Å². The fourth-order valence-corrected chi connectivity index (χ4v) is 1.27. The van der Waals surface area contributed by atoms with Gasteiger partial charge in [0.15, 0.2) is 0 Å². The molecule has 0 unspecified atom stereocenters. The molecule has 0 saturated heterocycles. The lowest BCUT2D eigenvalue weighted by atomic mass is 10.2. The SMILES string of the molecule is FC(F)(F)c1nnc(-c2cccc(Cl)c2)o1. The predicted molar refractivity (Wildman–Crippen MR) is 49.7 cm³/mol. The van der Waals surface area contributed by atoms with E-state index in [1.807, 2.05) is 0 Å². The Labute approximate surface area is 92.9 Å². The van der Waals surface area contributed by atoms with Crippen LogP contribution in [0.5, 0.6) is 0 Å². The van der Waals surface area contributed by atoms with E-state index >= 15 is 0 Å². The summed E-state index contributed by atoms with van der Waals surface area (Å²) in [6, 6.07) is 6.13. The molecule has 7 heteroatoms. The first-order chi connectivity index (χ1) is 7.47. The normalized spacial score (nSPS) is 11.8. The molecule has 0 saturated carbocycles. The van der Waals surface area contributed by atoms with Gasteiger partial charge in [-0.25, -0.2) is 0 Å². The van der Waals surface area contributed by atoms with E-state index in [0.29, 0.717) is 10.6 Å². The van der Waals surface area contributed by atoms with Gasteiger partial charge in [-0.15, -0.1) is 10.2 Å². The number of aromatic nitrogens is 2. The number of rotatable bonds is 1. The topological polar surface area (TPSA) is 38.9 Å². The number of halogens is 4. The van der Waals surface area contributed by atoms with Gasteiger partial charge in [0.2, 0.25) is 5.89 Å². The van der Waals surface area contributed by atoms with Crippen LogP contribution in [-0.2, 0) is 6.18 Å². The van der Waals surface area contributed by atoms with E-state index < -0.39 is 12.1 Å². The van der Waals surface area contributed by atoms with Crippen molar-refractivity contribution < 1.29 is 17.6 Å². The summed E-state index contributed by atoms with van der Waals surface area (Å²) in [6.45, 7) is 0. The summed E-state index contributed by atoms with van der Waals surface area (Å²) in [5.74, 6) is -1.59. The first-order valence-corrected chi connectivity index (χ1v) is 4.51. The van der Waals surface area contributed by atoms with E-state index in [1.165, 1.54) is 12.1 Å². The van der Waals surface area contributed by atoms with Crippen molar-refractivity contribution in [3.63, 3.8) is 0 Å². The molecule has 0 radical (unpaired) electrons. The molecule has 0 bridgehead atoms. The van der Waals surface area contributed by atoms with Crippen LogP contribution >= 0.6 is 11.6 Å². The fourth-order valence-electron chi connectivity index (χ4n) is 1.08. The quantitative estimate of drug-likeness (QED) is 0.776. The summed E-state index contributed by atoms with van der Waals surface area (Å²) in [4.78, 5) is 0. The van der Waals surface area contributed by atoms with Gasteiger partial charge in [0, 0.05) is 10.6 Å². The Morgan fingerprint density at radius 1 is 1.19 bits per heavy atom. The zero-order valence-electron chi connectivity index (χ0n) is 7.62. The molecule has 0 spiro atoms. The van der Waals surface area contributed by atoms with Crippen LogP contribution in [0.4, 0.5) is 13.2 Å². The molecular formula is C9H4ClF3N2O. The van der Waals surface area contributed by atoms with Crippen LogP contribution in [0.1, 0.15) is 5.89 Å². The second-order valence-electron chi connectivity index (χ2n) is 2.92. The average Bonchev–Trinajstić information content (AvgIpc) is 2.65. The van der Waals surface area contributed by atoms with E-state index in [-0.39, 0.29) is 5.89 Å². The lowest BCUT2D eigenvalue weighted by Crippen LogP contribution is -2.04. The Kier molecular flexibility index (Phi) is 2.59. The van der Waals surface area contributed by atoms with Crippen LogP contribution < -0.4 is 0 Å². The minimum Gasteiger partial charge on any atom is -0.413 e. The van der Waals surface area contributed by atoms with Gasteiger partial charge < -0.3 is 4.42 Å². The molecule has 1 aromatic carbocycles. The first kappa shape index (κ1) is 10.9. The molecule has 1 aromatic heterocycles. The Balaban J connectivity index is 2.39. The van der Waals surface area contributed by atoms with Crippen LogP contribution in [0.15, 0.2) is 28.7 Å². The summed E-state index contributed by atoms with van der Waals surface area (Å²) in [6.07, 6.45) is -4.64. The molecule has 1 heterocycles. The van der Waals surface area contributed by atoms with Crippen molar-refractivity contribution in [2.45, 2.75) is 6.18 Å². The lowest BCUT2D eigenvalue weighted by molar-refractivity contribution is -0.156. The highest BCUT2D eigenvalue weighted by atomic mass is 35.5. The van der Waals surface area contributed by atoms with Crippen LogP contribution in [-0.4, -0.2) is 10.2 Å². The van der Waals surface area contributed by atoms with Crippen molar-refractivity contribution in [2.24, 2.45) is 0 Å². The molecule has 0 N–H and O–H groups in total. The van der Waals surface area contributed by atoms with Gasteiger partial charge in [-0.1, -0.05) is 17.7 Å². The van der Waals surface area contributed by atoms with Gasteiger partial charge in [0.1, 0.15) is 0 Å². The number of alkyl halides is 3. The lowest BCUT2D eigenvalue weighted by Gasteiger charge is -1.98. The summed E-state index contributed by atoms with van der Waals surface area (Å²) in [5.41, 5.74) is 0.343. The minimum atomic E-state index is -4.64. The van der Waals surface area contributed by atoms with Crippen molar-refractivity contribution in [1.82, 2.24) is 10.2 Å². The molecule has 84 valence electrons. The molecule has 2 rings (SSSR count). The molecular weight excluding hydrogens is 245 g/mol. The van der Waals surface area contributed by atoms with E-state index in [1.54, 1.807) is 12.1 Å². The second kappa shape index (κ2) is 3.79. The highest BCUT2D eigenvalue weighted by Crippen LogP contribution is 2.30. The Morgan fingerprint density at radius 2 is 1.94 bits per heavy atom. The Morgan fingerprint density at radius 3 is 2.50 bits per heavy atom.